The number of carbonyl (C=O) groups excluding carboxylic acids is 2. The van der Waals surface area contributed by atoms with Gasteiger partial charge in [-0.1, -0.05) is 48.1 Å². The Morgan fingerprint density at radius 2 is 1.81 bits per heavy atom. The van der Waals surface area contributed by atoms with Gasteiger partial charge in [-0.3, -0.25) is 4.57 Å². The van der Waals surface area contributed by atoms with Crippen molar-refractivity contribution in [1.29, 1.82) is 0 Å². The molecule has 9 nitrogen and oxygen atoms in total. The van der Waals surface area contributed by atoms with Crippen LogP contribution in [-0.2, 0) is 21.5 Å². The van der Waals surface area contributed by atoms with Crippen LogP contribution in [0.2, 0.25) is 0 Å². The summed E-state index contributed by atoms with van der Waals surface area (Å²) in [6.07, 6.45) is 2.64. The number of hydrogen-bond donors (Lipinski definition) is 5. The highest BCUT2D eigenvalue weighted by atomic mass is 16.5. The second kappa shape index (κ2) is 12.2. The summed E-state index contributed by atoms with van der Waals surface area (Å²) in [6, 6.07) is 1.40. The second-order valence-corrected chi connectivity index (χ2v) is 12.0. The SMILES string of the molecule is C=C(C)C(=O)OCCCNC(=O)NCCNCCn1c(O)cc(C(C)(C)CC2(C)CC2(C)C(C)C)c1O. The van der Waals surface area contributed by atoms with E-state index in [2.05, 4.69) is 64.1 Å². The van der Waals surface area contributed by atoms with Gasteiger partial charge in [-0.05, 0) is 48.3 Å². The molecule has 9 heteroatoms. The molecule has 1 saturated carbocycles. The molecule has 0 aliphatic heterocycles. The Hall–Kier alpha value is -2.68. The summed E-state index contributed by atoms with van der Waals surface area (Å²) in [6.45, 7) is 21.1. The Kier molecular flexibility index (Phi) is 10.1. The van der Waals surface area contributed by atoms with Crippen molar-refractivity contribution in [3.05, 3.63) is 23.8 Å². The molecular formula is C28H48N4O5. The topological polar surface area (TPSA) is 125 Å². The van der Waals surface area contributed by atoms with E-state index in [-0.39, 0.29) is 35.2 Å². The van der Waals surface area contributed by atoms with Crippen molar-refractivity contribution >= 4 is 12.0 Å². The zero-order valence-electron chi connectivity index (χ0n) is 23.8. The highest BCUT2D eigenvalue weighted by Gasteiger charge is 2.63. The van der Waals surface area contributed by atoms with Gasteiger partial charge in [0.1, 0.15) is 0 Å². The van der Waals surface area contributed by atoms with E-state index in [0.717, 1.165) is 12.0 Å². The van der Waals surface area contributed by atoms with Gasteiger partial charge in [-0.25, -0.2) is 9.59 Å². The smallest absolute Gasteiger partial charge is 0.333 e. The van der Waals surface area contributed by atoms with Crippen molar-refractivity contribution < 1.29 is 24.5 Å². The largest absolute Gasteiger partial charge is 0.494 e. The molecule has 0 bridgehead atoms. The van der Waals surface area contributed by atoms with E-state index in [1.165, 1.54) is 11.0 Å². The van der Waals surface area contributed by atoms with Crippen molar-refractivity contribution in [1.82, 2.24) is 20.5 Å². The van der Waals surface area contributed by atoms with Gasteiger partial charge >= 0.3 is 12.0 Å². The summed E-state index contributed by atoms with van der Waals surface area (Å²) in [5.74, 6) is 0.344. The number of carbonyl (C=O) groups is 2. The number of rotatable bonds is 15. The molecule has 37 heavy (non-hydrogen) atoms. The molecule has 0 aromatic carbocycles. The molecular weight excluding hydrogens is 472 g/mol. The lowest BCUT2D eigenvalue weighted by Gasteiger charge is -2.32. The number of nitrogens with one attached hydrogen (secondary N) is 3. The van der Waals surface area contributed by atoms with Gasteiger partial charge in [0.25, 0.3) is 0 Å². The first-order valence-electron chi connectivity index (χ1n) is 13.3. The molecule has 0 saturated heterocycles. The molecule has 1 aromatic heterocycles. The van der Waals surface area contributed by atoms with Crippen LogP contribution in [0.3, 0.4) is 0 Å². The lowest BCUT2D eigenvalue weighted by atomic mass is 9.72. The fraction of sp³-hybridized carbons (Fsp3) is 0.714. The summed E-state index contributed by atoms with van der Waals surface area (Å²) in [5, 5.41) is 30.1. The Balaban J connectivity index is 1.71. The predicted molar refractivity (Wildman–Crippen MR) is 146 cm³/mol. The maximum absolute atomic E-state index is 11.8. The minimum atomic E-state index is -0.432. The average molecular weight is 521 g/mol. The van der Waals surface area contributed by atoms with Crippen LogP contribution in [-0.4, -0.2) is 59.6 Å². The minimum Gasteiger partial charge on any atom is -0.494 e. The molecule has 2 unspecified atom stereocenters. The lowest BCUT2D eigenvalue weighted by Crippen LogP contribution is -2.40. The second-order valence-electron chi connectivity index (χ2n) is 12.0. The highest BCUT2D eigenvalue weighted by Crippen LogP contribution is 2.71. The third kappa shape index (κ3) is 7.66. The minimum absolute atomic E-state index is 0.0568. The van der Waals surface area contributed by atoms with Gasteiger partial charge < -0.3 is 30.9 Å². The predicted octanol–water partition coefficient (Wildman–Crippen LogP) is 4.04. The van der Waals surface area contributed by atoms with Gasteiger partial charge in [-0.15, -0.1) is 0 Å². The van der Waals surface area contributed by atoms with Gasteiger partial charge in [0.15, 0.2) is 11.8 Å². The molecule has 1 aliphatic carbocycles. The third-order valence-electron chi connectivity index (χ3n) is 8.18. The normalized spacial score (nSPS) is 21.1. The van der Waals surface area contributed by atoms with Gasteiger partial charge in [-0.2, -0.15) is 0 Å². The van der Waals surface area contributed by atoms with Crippen LogP contribution in [0.1, 0.15) is 73.3 Å². The first-order chi connectivity index (χ1) is 17.1. The standard InChI is InChI=1S/C28H48N4O5/c1-19(2)24(35)37-15-9-10-30-25(36)31-12-11-29-13-14-32-22(33)16-21(23(32)34)26(5,6)17-27(7)18-28(27,8)20(3)4/h16,20,29,33-34H,1,9-15,17-18H2,2-8H3,(H2,30,31,36). The van der Waals surface area contributed by atoms with E-state index in [4.69, 9.17) is 4.74 Å². The zero-order valence-corrected chi connectivity index (χ0v) is 23.8. The molecule has 1 aromatic rings. The third-order valence-corrected chi connectivity index (χ3v) is 8.18. The number of urea groups is 1. The number of nitrogens with zero attached hydrogens (tertiary/aromatic N) is 1. The van der Waals surface area contributed by atoms with E-state index >= 15 is 0 Å². The summed E-state index contributed by atoms with van der Waals surface area (Å²) < 4.78 is 6.50. The number of esters is 1. The molecule has 1 heterocycles. The molecule has 1 aliphatic rings. The number of hydrogen-bond acceptors (Lipinski definition) is 6. The van der Waals surface area contributed by atoms with Crippen LogP contribution < -0.4 is 16.0 Å². The first-order valence-corrected chi connectivity index (χ1v) is 13.3. The Morgan fingerprint density at radius 1 is 1.16 bits per heavy atom. The Morgan fingerprint density at radius 3 is 2.41 bits per heavy atom. The summed E-state index contributed by atoms with van der Waals surface area (Å²) >= 11 is 0. The quantitative estimate of drug-likeness (QED) is 0.135. The van der Waals surface area contributed by atoms with Crippen LogP contribution in [0.4, 0.5) is 4.79 Å². The molecule has 2 amide bonds. The number of amides is 2. The van der Waals surface area contributed by atoms with Crippen molar-refractivity contribution in [3.63, 3.8) is 0 Å². The van der Waals surface area contributed by atoms with Crippen molar-refractivity contribution in [3.8, 4) is 11.8 Å². The van der Waals surface area contributed by atoms with Crippen molar-refractivity contribution in [2.45, 2.75) is 79.7 Å². The number of ether oxygens (including phenoxy) is 1. The number of aromatic hydroxyl groups is 2. The van der Waals surface area contributed by atoms with Gasteiger partial charge in [0.05, 0.1) is 6.61 Å². The number of aromatic nitrogens is 1. The lowest BCUT2D eigenvalue weighted by molar-refractivity contribution is -0.138. The van der Waals surface area contributed by atoms with Crippen LogP contribution in [0.5, 0.6) is 11.8 Å². The maximum Gasteiger partial charge on any atom is 0.333 e. The van der Waals surface area contributed by atoms with Crippen molar-refractivity contribution in [2.24, 2.45) is 16.7 Å². The fourth-order valence-corrected chi connectivity index (χ4v) is 5.45. The molecule has 5 N–H and O–H groups in total. The summed E-state index contributed by atoms with van der Waals surface area (Å²) in [7, 11) is 0. The first kappa shape index (κ1) is 30.5. The Bertz CT molecular complexity index is 970. The summed E-state index contributed by atoms with van der Waals surface area (Å²) in [5.41, 5.74) is 1.37. The molecule has 0 spiro atoms. The molecule has 2 rings (SSSR count). The van der Waals surface area contributed by atoms with Crippen LogP contribution in [0, 0.1) is 16.7 Å². The van der Waals surface area contributed by atoms with E-state index in [9.17, 15) is 19.8 Å². The highest BCUT2D eigenvalue weighted by molar-refractivity contribution is 5.86. The fourth-order valence-electron chi connectivity index (χ4n) is 5.45. The molecule has 2 atom stereocenters. The zero-order chi connectivity index (χ0) is 28.0. The Labute approximate surface area is 222 Å². The van der Waals surface area contributed by atoms with Crippen molar-refractivity contribution in [2.75, 3.05) is 32.8 Å². The van der Waals surface area contributed by atoms with Gasteiger partial charge in [0.2, 0.25) is 0 Å². The molecule has 1 fully saturated rings. The van der Waals surface area contributed by atoms with Crippen LogP contribution in [0.15, 0.2) is 18.2 Å². The molecule has 0 radical (unpaired) electrons. The van der Waals surface area contributed by atoms with Gasteiger partial charge in [0, 0.05) is 49.9 Å². The summed E-state index contributed by atoms with van der Waals surface area (Å²) in [4.78, 5) is 23.1. The monoisotopic (exact) mass is 520 g/mol. The maximum atomic E-state index is 11.8. The van der Waals surface area contributed by atoms with E-state index < -0.39 is 5.97 Å². The van der Waals surface area contributed by atoms with E-state index in [1.54, 1.807) is 13.0 Å². The van der Waals surface area contributed by atoms with Crippen LogP contribution >= 0.6 is 0 Å². The van der Waals surface area contributed by atoms with Crippen LogP contribution in [0.25, 0.3) is 0 Å². The molecule has 210 valence electrons. The average Bonchev–Trinajstić information content (AvgIpc) is 3.22. The van der Waals surface area contributed by atoms with E-state index in [1.807, 2.05) is 0 Å². The van der Waals surface area contributed by atoms with E-state index in [0.29, 0.717) is 56.1 Å².